The Bertz CT molecular complexity index is 487. The van der Waals surface area contributed by atoms with Crippen molar-refractivity contribution in [3.05, 3.63) is 11.5 Å². The summed E-state index contributed by atoms with van der Waals surface area (Å²) >= 11 is 2.01. The van der Waals surface area contributed by atoms with E-state index >= 15 is 0 Å². The minimum absolute atomic E-state index is 0.260. The number of ether oxygens (including phenoxy) is 1. The van der Waals surface area contributed by atoms with Gasteiger partial charge in [0, 0.05) is 17.7 Å². The molecule has 2 unspecified atom stereocenters. The lowest BCUT2D eigenvalue weighted by Crippen LogP contribution is -2.14. The van der Waals surface area contributed by atoms with Gasteiger partial charge in [0.15, 0.2) is 5.69 Å². The fraction of sp³-hybridized carbons (Fsp3) is 0.714. The van der Waals surface area contributed by atoms with Gasteiger partial charge in [-0.1, -0.05) is 13.8 Å². The van der Waals surface area contributed by atoms with E-state index in [0.29, 0.717) is 17.1 Å². The zero-order valence-electron chi connectivity index (χ0n) is 12.4. The number of thioether (sulfide) groups is 1. The summed E-state index contributed by atoms with van der Waals surface area (Å²) in [5, 5.41) is 0.693. The summed E-state index contributed by atoms with van der Waals surface area (Å²) in [6.07, 6.45) is 4.18. The Balaban J connectivity index is 2.27. The van der Waals surface area contributed by atoms with Crippen LogP contribution < -0.4 is 5.73 Å². The van der Waals surface area contributed by atoms with Gasteiger partial charge in [0.05, 0.1) is 7.11 Å². The minimum Gasteiger partial charge on any atom is -0.464 e. The van der Waals surface area contributed by atoms with Gasteiger partial charge in [0.2, 0.25) is 0 Å². The molecule has 0 spiro atoms. The Hall–Kier alpha value is -1.17. The number of nitrogens with zero attached hydrogens (tertiary/aromatic N) is 2. The average molecular weight is 297 g/mol. The number of imidazole rings is 1. The van der Waals surface area contributed by atoms with Crippen molar-refractivity contribution in [3.8, 4) is 0 Å². The van der Waals surface area contributed by atoms with Crippen LogP contribution in [0.5, 0.6) is 0 Å². The zero-order valence-corrected chi connectivity index (χ0v) is 13.2. The van der Waals surface area contributed by atoms with Crippen molar-refractivity contribution in [2.75, 3.05) is 18.6 Å². The first-order chi connectivity index (χ1) is 9.62. The van der Waals surface area contributed by atoms with Crippen LogP contribution in [0.4, 0.5) is 5.82 Å². The van der Waals surface area contributed by atoms with Crippen LogP contribution in [0.15, 0.2) is 0 Å². The molecule has 1 aliphatic carbocycles. The first-order valence-electron chi connectivity index (χ1n) is 7.18. The highest BCUT2D eigenvalue weighted by Gasteiger charge is 2.31. The van der Waals surface area contributed by atoms with Gasteiger partial charge in [0.25, 0.3) is 0 Å². The standard InChI is InChI=1S/C14H23N3O2S/c1-4-11-16-12(14(18)19-3)13(15)17(11)9-6-7-10(8-9)20-5-2/h9-10H,4-8,15H2,1-3H3. The Morgan fingerprint density at radius 3 is 2.85 bits per heavy atom. The third-order valence-corrected chi connectivity index (χ3v) is 5.07. The second-order valence-corrected chi connectivity index (χ2v) is 6.60. The number of nitrogen functional groups attached to an aromatic ring is 1. The molecule has 0 amide bonds. The molecular weight excluding hydrogens is 274 g/mol. The van der Waals surface area contributed by atoms with Crippen molar-refractivity contribution >= 4 is 23.5 Å². The molecule has 20 heavy (non-hydrogen) atoms. The van der Waals surface area contributed by atoms with Crippen LogP contribution >= 0.6 is 11.8 Å². The first kappa shape index (κ1) is 15.2. The Labute approximate surface area is 124 Å². The smallest absolute Gasteiger partial charge is 0.360 e. The molecule has 112 valence electrons. The number of anilines is 1. The van der Waals surface area contributed by atoms with E-state index in [9.17, 15) is 4.79 Å². The van der Waals surface area contributed by atoms with Crippen LogP contribution in [0.25, 0.3) is 0 Å². The van der Waals surface area contributed by atoms with Crippen molar-refractivity contribution < 1.29 is 9.53 Å². The number of esters is 1. The number of carbonyl (C=O) groups is 1. The summed E-state index contributed by atoms with van der Waals surface area (Å²) in [4.78, 5) is 16.1. The van der Waals surface area contributed by atoms with Gasteiger partial charge in [-0.2, -0.15) is 11.8 Å². The molecule has 2 rings (SSSR count). The van der Waals surface area contributed by atoms with Crippen LogP contribution in [-0.4, -0.2) is 33.6 Å². The van der Waals surface area contributed by atoms with E-state index in [0.717, 1.165) is 30.8 Å². The Morgan fingerprint density at radius 1 is 1.50 bits per heavy atom. The van der Waals surface area contributed by atoms with Gasteiger partial charge in [0.1, 0.15) is 11.6 Å². The van der Waals surface area contributed by atoms with E-state index in [2.05, 4.69) is 16.5 Å². The van der Waals surface area contributed by atoms with Gasteiger partial charge < -0.3 is 15.0 Å². The highest BCUT2D eigenvalue weighted by molar-refractivity contribution is 7.99. The topological polar surface area (TPSA) is 70.1 Å². The fourth-order valence-electron chi connectivity index (χ4n) is 2.94. The zero-order chi connectivity index (χ0) is 14.7. The van der Waals surface area contributed by atoms with Gasteiger partial charge in [-0.25, -0.2) is 9.78 Å². The van der Waals surface area contributed by atoms with Crippen LogP contribution in [0.1, 0.15) is 55.5 Å². The number of aromatic nitrogens is 2. The number of methoxy groups -OCH3 is 1. The van der Waals surface area contributed by atoms with Gasteiger partial charge in [-0.15, -0.1) is 0 Å². The van der Waals surface area contributed by atoms with Crippen LogP contribution in [0, 0.1) is 0 Å². The predicted octanol–water partition coefficient (Wildman–Crippen LogP) is 2.66. The molecular formula is C14H23N3O2S. The normalized spacial score (nSPS) is 22.1. The molecule has 2 atom stereocenters. The molecule has 6 heteroatoms. The highest BCUT2D eigenvalue weighted by Crippen LogP contribution is 2.39. The van der Waals surface area contributed by atoms with Crippen molar-refractivity contribution in [1.82, 2.24) is 9.55 Å². The molecule has 5 nitrogen and oxygen atoms in total. The maximum Gasteiger partial charge on any atom is 0.360 e. The maximum atomic E-state index is 11.7. The summed E-state index contributed by atoms with van der Waals surface area (Å²) in [6, 6.07) is 0.361. The van der Waals surface area contributed by atoms with Gasteiger partial charge in [-0.3, -0.25) is 0 Å². The number of nitrogens with two attached hydrogens (primary N) is 1. The van der Waals surface area contributed by atoms with E-state index in [1.807, 2.05) is 18.7 Å². The van der Waals surface area contributed by atoms with Crippen molar-refractivity contribution in [3.63, 3.8) is 0 Å². The maximum absolute atomic E-state index is 11.7. The lowest BCUT2D eigenvalue weighted by atomic mass is 10.2. The minimum atomic E-state index is -0.451. The number of rotatable bonds is 5. The quantitative estimate of drug-likeness (QED) is 0.846. The van der Waals surface area contributed by atoms with E-state index < -0.39 is 5.97 Å². The van der Waals surface area contributed by atoms with Crippen LogP contribution in [0.2, 0.25) is 0 Å². The summed E-state index contributed by atoms with van der Waals surface area (Å²) in [7, 11) is 1.36. The van der Waals surface area contributed by atoms with E-state index in [4.69, 9.17) is 10.5 Å². The molecule has 0 radical (unpaired) electrons. The number of hydrogen-bond acceptors (Lipinski definition) is 5. The monoisotopic (exact) mass is 297 g/mol. The molecule has 1 fully saturated rings. The Kier molecular flexibility index (Phi) is 4.96. The summed E-state index contributed by atoms with van der Waals surface area (Å²) < 4.78 is 6.81. The summed E-state index contributed by atoms with van der Waals surface area (Å²) in [5.74, 6) is 2.04. The lowest BCUT2D eigenvalue weighted by molar-refractivity contribution is 0.0595. The van der Waals surface area contributed by atoms with Crippen molar-refractivity contribution in [2.24, 2.45) is 0 Å². The predicted molar refractivity (Wildman–Crippen MR) is 82.2 cm³/mol. The second kappa shape index (κ2) is 6.52. The number of hydrogen-bond donors (Lipinski definition) is 1. The highest BCUT2D eigenvalue weighted by atomic mass is 32.2. The first-order valence-corrected chi connectivity index (χ1v) is 8.23. The SMILES string of the molecule is CCSC1CCC(n2c(CC)nc(C(=O)OC)c2N)C1. The molecule has 1 aliphatic rings. The molecule has 1 saturated carbocycles. The van der Waals surface area contributed by atoms with Gasteiger partial charge >= 0.3 is 5.97 Å². The molecule has 0 aromatic carbocycles. The second-order valence-electron chi connectivity index (χ2n) is 5.02. The average Bonchev–Trinajstić information content (AvgIpc) is 3.02. The molecule has 0 saturated heterocycles. The van der Waals surface area contributed by atoms with E-state index in [-0.39, 0.29) is 5.69 Å². The molecule has 0 aliphatic heterocycles. The largest absolute Gasteiger partial charge is 0.464 e. The van der Waals surface area contributed by atoms with Crippen LogP contribution in [-0.2, 0) is 11.2 Å². The number of carbonyl (C=O) groups excluding carboxylic acids is 1. The fourth-order valence-corrected chi connectivity index (χ4v) is 4.07. The summed E-state index contributed by atoms with van der Waals surface area (Å²) in [6.45, 7) is 4.23. The van der Waals surface area contributed by atoms with Gasteiger partial charge in [-0.05, 0) is 25.0 Å². The van der Waals surface area contributed by atoms with E-state index in [1.165, 1.54) is 13.5 Å². The molecule has 1 aromatic rings. The molecule has 2 N–H and O–H groups in total. The van der Waals surface area contributed by atoms with Crippen molar-refractivity contribution in [1.29, 1.82) is 0 Å². The third kappa shape index (κ3) is 2.80. The van der Waals surface area contributed by atoms with Crippen LogP contribution in [0.3, 0.4) is 0 Å². The van der Waals surface area contributed by atoms with E-state index in [1.54, 1.807) is 0 Å². The molecule has 1 heterocycles. The van der Waals surface area contributed by atoms with Crippen molar-refractivity contribution in [2.45, 2.75) is 50.8 Å². The summed E-state index contributed by atoms with van der Waals surface area (Å²) in [5.41, 5.74) is 6.41. The molecule has 0 bridgehead atoms. The molecule has 1 aromatic heterocycles. The third-order valence-electron chi connectivity index (χ3n) is 3.84. The Morgan fingerprint density at radius 2 is 2.25 bits per heavy atom. The number of aryl methyl sites for hydroxylation is 1. The lowest BCUT2D eigenvalue weighted by Gasteiger charge is -2.17.